The molecule has 0 aliphatic heterocycles. The van der Waals surface area contributed by atoms with Crippen LogP contribution in [0, 0.1) is 17.1 Å². The quantitative estimate of drug-likeness (QED) is 0.637. The molecule has 1 rings (SSSR count). The zero-order valence-electron chi connectivity index (χ0n) is 5.89. The van der Waals surface area contributed by atoms with Gasteiger partial charge in [0.25, 0.3) is 6.43 Å². The van der Waals surface area contributed by atoms with Crippen LogP contribution in [-0.2, 0) is 0 Å². The zero-order valence-corrected chi connectivity index (χ0v) is 5.89. The Morgan fingerprint density at radius 2 is 2.00 bits per heavy atom. The molecule has 1 nitrogen and oxygen atoms in total. The summed E-state index contributed by atoms with van der Waals surface area (Å²) in [5, 5.41) is 8.27. The molecule has 0 heterocycles. The van der Waals surface area contributed by atoms with Gasteiger partial charge in [-0.1, -0.05) is 6.07 Å². The molecule has 0 aromatic heterocycles. The van der Waals surface area contributed by atoms with Gasteiger partial charge in [-0.15, -0.1) is 0 Å². The van der Waals surface area contributed by atoms with Crippen LogP contribution in [0.4, 0.5) is 13.2 Å². The molecule has 0 saturated carbocycles. The number of nitriles is 1. The lowest BCUT2D eigenvalue weighted by Gasteiger charge is -1.99. The standard InChI is InChI=1S/C8H4F3N/c9-7-3-5(8(10)11)1-2-6(7)4-12/h1-3,8H. The van der Waals surface area contributed by atoms with E-state index in [9.17, 15) is 13.2 Å². The number of hydrogen-bond donors (Lipinski definition) is 0. The van der Waals surface area contributed by atoms with Crippen LogP contribution in [0.2, 0.25) is 0 Å². The number of halogens is 3. The largest absolute Gasteiger partial charge is 0.263 e. The first-order valence-electron chi connectivity index (χ1n) is 3.13. The van der Waals surface area contributed by atoms with Crippen molar-refractivity contribution in [2.45, 2.75) is 6.43 Å². The molecular weight excluding hydrogens is 167 g/mol. The van der Waals surface area contributed by atoms with Gasteiger partial charge in [0.1, 0.15) is 11.9 Å². The Hall–Kier alpha value is -1.50. The van der Waals surface area contributed by atoms with Crippen LogP contribution in [0.3, 0.4) is 0 Å². The van der Waals surface area contributed by atoms with E-state index in [1.165, 1.54) is 0 Å². The van der Waals surface area contributed by atoms with Crippen LogP contribution >= 0.6 is 0 Å². The smallest absolute Gasteiger partial charge is 0.206 e. The van der Waals surface area contributed by atoms with Gasteiger partial charge in [-0.05, 0) is 12.1 Å². The molecule has 0 radical (unpaired) electrons. The van der Waals surface area contributed by atoms with Crippen molar-refractivity contribution in [2.24, 2.45) is 0 Å². The molecule has 1 aromatic rings. The first-order valence-corrected chi connectivity index (χ1v) is 3.13. The van der Waals surface area contributed by atoms with Gasteiger partial charge in [0, 0.05) is 5.56 Å². The highest BCUT2D eigenvalue weighted by Crippen LogP contribution is 2.20. The van der Waals surface area contributed by atoms with Crippen molar-refractivity contribution in [3.05, 3.63) is 35.1 Å². The van der Waals surface area contributed by atoms with E-state index in [2.05, 4.69) is 0 Å². The van der Waals surface area contributed by atoms with Gasteiger partial charge in [0.05, 0.1) is 5.56 Å². The molecule has 0 N–H and O–H groups in total. The SMILES string of the molecule is N#Cc1ccc(C(F)F)cc1F. The Kier molecular flexibility index (Phi) is 2.34. The number of hydrogen-bond acceptors (Lipinski definition) is 1. The molecule has 0 amide bonds. The minimum absolute atomic E-state index is 0.223. The average Bonchev–Trinajstić information content (AvgIpc) is 2.04. The highest BCUT2D eigenvalue weighted by Gasteiger charge is 2.09. The maximum absolute atomic E-state index is 12.7. The fourth-order valence-electron chi connectivity index (χ4n) is 0.758. The van der Waals surface area contributed by atoms with Gasteiger partial charge >= 0.3 is 0 Å². The highest BCUT2D eigenvalue weighted by molar-refractivity contribution is 5.33. The van der Waals surface area contributed by atoms with E-state index >= 15 is 0 Å². The predicted molar refractivity (Wildman–Crippen MR) is 36.1 cm³/mol. The molecule has 0 spiro atoms. The fourth-order valence-corrected chi connectivity index (χ4v) is 0.758. The molecule has 0 saturated heterocycles. The van der Waals surface area contributed by atoms with Crippen molar-refractivity contribution in [3.8, 4) is 6.07 Å². The summed E-state index contributed by atoms with van der Waals surface area (Å²) >= 11 is 0. The van der Waals surface area contributed by atoms with Crippen molar-refractivity contribution < 1.29 is 13.2 Å². The average molecular weight is 171 g/mol. The van der Waals surface area contributed by atoms with E-state index in [4.69, 9.17) is 5.26 Å². The van der Waals surface area contributed by atoms with Crippen LogP contribution in [0.5, 0.6) is 0 Å². The first kappa shape index (κ1) is 8.60. The van der Waals surface area contributed by atoms with Gasteiger partial charge in [0.2, 0.25) is 0 Å². The second kappa shape index (κ2) is 3.26. The van der Waals surface area contributed by atoms with E-state index in [1.54, 1.807) is 6.07 Å². The molecular formula is C8H4F3N. The number of nitrogens with zero attached hydrogens (tertiary/aromatic N) is 1. The molecule has 0 aliphatic carbocycles. The third-order valence-corrected chi connectivity index (χ3v) is 1.37. The van der Waals surface area contributed by atoms with Crippen LogP contribution in [0.25, 0.3) is 0 Å². The summed E-state index contributed by atoms with van der Waals surface area (Å²) in [5.41, 5.74) is -0.633. The van der Waals surface area contributed by atoms with Crippen LogP contribution in [-0.4, -0.2) is 0 Å². The summed E-state index contributed by atoms with van der Waals surface area (Å²) in [6.45, 7) is 0. The molecule has 4 heteroatoms. The number of rotatable bonds is 1. The van der Waals surface area contributed by atoms with Crippen LogP contribution in [0.1, 0.15) is 17.6 Å². The summed E-state index contributed by atoms with van der Waals surface area (Å²) in [5.74, 6) is -0.907. The third kappa shape index (κ3) is 1.56. The van der Waals surface area contributed by atoms with Crippen molar-refractivity contribution in [1.82, 2.24) is 0 Å². The molecule has 0 bridgehead atoms. The van der Waals surface area contributed by atoms with Crippen molar-refractivity contribution >= 4 is 0 Å². The second-order valence-corrected chi connectivity index (χ2v) is 2.15. The summed E-state index contributed by atoms with van der Waals surface area (Å²) in [7, 11) is 0. The van der Waals surface area contributed by atoms with E-state index < -0.39 is 17.8 Å². The monoisotopic (exact) mass is 171 g/mol. The summed E-state index contributed by atoms with van der Waals surface area (Å²) in [4.78, 5) is 0. The molecule has 0 atom stereocenters. The van der Waals surface area contributed by atoms with Gasteiger partial charge in [-0.3, -0.25) is 0 Å². The maximum Gasteiger partial charge on any atom is 0.263 e. The minimum Gasteiger partial charge on any atom is -0.206 e. The van der Waals surface area contributed by atoms with Gasteiger partial charge in [-0.2, -0.15) is 5.26 Å². The Balaban J connectivity index is 3.12. The molecule has 1 aromatic carbocycles. The van der Waals surface area contributed by atoms with Crippen molar-refractivity contribution in [3.63, 3.8) is 0 Å². The van der Waals surface area contributed by atoms with E-state index in [0.717, 1.165) is 12.1 Å². The number of benzene rings is 1. The molecule has 0 aliphatic rings. The lowest BCUT2D eigenvalue weighted by molar-refractivity contribution is 0.151. The van der Waals surface area contributed by atoms with Crippen molar-refractivity contribution in [2.75, 3.05) is 0 Å². The third-order valence-electron chi connectivity index (χ3n) is 1.37. The van der Waals surface area contributed by atoms with Crippen LogP contribution in [0.15, 0.2) is 18.2 Å². The molecule has 12 heavy (non-hydrogen) atoms. The van der Waals surface area contributed by atoms with Crippen molar-refractivity contribution in [1.29, 1.82) is 5.26 Å². The van der Waals surface area contributed by atoms with Gasteiger partial charge < -0.3 is 0 Å². The van der Waals surface area contributed by atoms with E-state index in [-0.39, 0.29) is 5.56 Å². The van der Waals surface area contributed by atoms with E-state index in [0.29, 0.717) is 6.07 Å². The Morgan fingerprint density at radius 3 is 2.42 bits per heavy atom. The van der Waals surface area contributed by atoms with Crippen LogP contribution < -0.4 is 0 Å². The first-order chi connectivity index (χ1) is 5.65. The van der Waals surface area contributed by atoms with Gasteiger partial charge in [0.15, 0.2) is 0 Å². The normalized spacial score (nSPS) is 9.92. The van der Waals surface area contributed by atoms with E-state index in [1.807, 2.05) is 0 Å². The highest BCUT2D eigenvalue weighted by atomic mass is 19.3. The predicted octanol–water partition coefficient (Wildman–Crippen LogP) is 2.63. The Labute approximate surface area is 67.1 Å². The Morgan fingerprint density at radius 1 is 1.33 bits per heavy atom. The summed E-state index contributed by atoms with van der Waals surface area (Å²) < 4.78 is 36.5. The summed E-state index contributed by atoms with van der Waals surface area (Å²) in [6, 6.07) is 4.28. The zero-order chi connectivity index (χ0) is 9.14. The second-order valence-electron chi connectivity index (χ2n) is 2.15. The lowest BCUT2D eigenvalue weighted by Crippen LogP contribution is -1.88. The summed E-state index contributed by atoms with van der Waals surface area (Å²) in [6.07, 6.45) is -2.70. The maximum atomic E-state index is 12.7. The minimum atomic E-state index is -2.70. The topological polar surface area (TPSA) is 23.8 Å². The molecule has 62 valence electrons. The Bertz CT molecular complexity index is 328. The molecule has 0 fully saturated rings. The fraction of sp³-hybridized carbons (Fsp3) is 0.125. The molecule has 0 unspecified atom stereocenters. The van der Waals surface area contributed by atoms with Gasteiger partial charge in [-0.25, -0.2) is 13.2 Å². The lowest BCUT2D eigenvalue weighted by atomic mass is 10.1. The number of alkyl halides is 2.